The van der Waals surface area contributed by atoms with Crippen LogP contribution >= 0.6 is 12.4 Å². The van der Waals surface area contributed by atoms with E-state index in [2.05, 4.69) is 17.4 Å². The molecule has 0 aromatic heterocycles. The first-order valence-corrected chi connectivity index (χ1v) is 6.84. The lowest BCUT2D eigenvalue weighted by molar-refractivity contribution is 0.106. The Bertz CT molecular complexity index is 557. The number of halogens is 1. The minimum atomic E-state index is -0.452. The van der Waals surface area contributed by atoms with Gasteiger partial charge in [0.25, 0.3) is 0 Å². The summed E-state index contributed by atoms with van der Waals surface area (Å²) in [6.45, 7) is 0.941. The maximum atomic E-state index is 9.81. The summed E-state index contributed by atoms with van der Waals surface area (Å²) in [5, 5.41) is 15.5. The first-order chi connectivity index (χ1) is 9.31. The highest BCUT2D eigenvalue weighted by Gasteiger charge is 2.21. The van der Waals surface area contributed by atoms with Gasteiger partial charge in [0.1, 0.15) is 18.5 Å². The predicted octanol–water partition coefficient (Wildman–Crippen LogP) is 2.75. The van der Waals surface area contributed by atoms with Crippen molar-refractivity contribution in [2.75, 3.05) is 13.2 Å². The Labute approximate surface area is 125 Å². The molecule has 2 aromatic rings. The van der Waals surface area contributed by atoms with Crippen LogP contribution in [0.5, 0.6) is 5.75 Å². The fourth-order valence-electron chi connectivity index (χ4n) is 2.10. The van der Waals surface area contributed by atoms with E-state index in [1.807, 2.05) is 30.3 Å². The summed E-state index contributed by atoms with van der Waals surface area (Å²) in [6.07, 6.45) is 2.02. The molecule has 1 atom stereocenters. The molecule has 108 valence electrons. The van der Waals surface area contributed by atoms with Gasteiger partial charge in [0, 0.05) is 12.6 Å². The van der Waals surface area contributed by atoms with Crippen molar-refractivity contribution in [1.82, 2.24) is 5.32 Å². The van der Waals surface area contributed by atoms with E-state index in [4.69, 9.17) is 4.74 Å². The molecule has 1 fully saturated rings. The average Bonchev–Trinajstić information content (AvgIpc) is 3.27. The van der Waals surface area contributed by atoms with E-state index in [-0.39, 0.29) is 12.4 Å². The zero-order valence-corrected chi connectivity index (χ0v) is 12.1. The van der Waals surface area contributed by atoms with E-state index in [1.165, 1.54) is 18.2 Å². The van der Waals surface area contributed by atoms with Crippen LogP contribution in [0.15, 0.2) is 42.5 Å². The highest BCUT2D eigenvalue weighted by atomic mass is 35.5. The third-order valence-electron chi connectivity index (χ3n) is 3.38. The molecule has 0 radical (unpaired) electrons. The molecule has 0 amide bonds. The van der Waals surface area contributed by atoms with Crippen LogP contribution in [0.3, 0.4) is 0 Å². The second kappa shape index (κ2) is 6.93. The van der Waals surface area contributed by atoms with E-state index in [0.29, 0.717) is 19.2 Å². The first kappa shape index (κ1) is 15.1. The quantitative estimate of drug-likeness (QED) is 0.860. The number of hydrogen-bond acceptors (Lipinski definition) is 3. The molecule has 1 saturated carbocycles. The first-order valence-electron chi connectivity index (χ1n) is 6.84. The van der Waals surface area contributed by atoms with Crippen LogP contribution in [-0.4, -0.2) is 30.4 Å². The largest absolute Gasteiger partial charge is 0.491 e. The van der Waals surface area contributed by atoms with Crippen molar-refractivity contribution < 1.29 is 9.84 Å². The molecule has 0 aliphatic heterocycles. The fourth-order valence-corrected chi connectivity index (χ4v) is 2.10. The molecular weight excluding hydrogens is 274 g/mol. The molecule has 0 bridgehead atoms. The Morgan fingerprint density at radius 1 is 1.15 bits per heavy atom. The summed E-state index contributed by atoms with van der Waals surface area (Å²) in [4.78, 5) is 0. The topological polar surface area (TPSA) is 41.5 Å². The van der Waals surface area contributed by atoms with Crippen LogP contribution in [0.25, 0.3) is 10.8 Å². The minimum absolute atomic E-state index is 0. The van der Waals surface area contributed by atoms with Gasteiger partial charge in [0.2, 0.25) is 0 Å². The lowest BCUT2D eigenvalue weighted by atomic mass is 10.1. The van der Waals surface area contributed by atoms with E-state index in [1.54, 1.807) is 0 Å². The molecule has 4 heteroatoms. The Kier molecular flexibility index (Phi) is 5.24. The van der Waals surface area contributed by atoms with E-state index >= 15 is 0 Å². The van der Waals surface area contributed by atoms with Gasteiger partial charge in [0.15, 0.2) is 0 Å². The van der Waals surface area contributed by atoms with Crippen molar-refractivity contribution in [2.24, 2.45) is 0 Å². The number of nitrogens with one attached hydrogen (secondary N) is 1. The summed E-state index contributed by atoms with van der Waals surface area (Å²) in [6, 6.07) is 14.8. The van der Waals surface area contributed by atoms with Gasteiger partial charge in [-0.25, -0.2) is 0 Å². The fraction of sp³-hybridized carbons (Fsp3) is 0.375. The van der Waals surface area contributed by atoms with Gasteiger partial charge in [0.05, 0.1) is 0 Å². The van der Waals surface area contributed by atoms with E-state index in [0.717, 1.165) is 11.1 Å². The number of hydrogen-bond donors (Lipinski definition) is 2. The number of benzene rings is 2. The van der Waals surface area contributed by atoms with Crippen LogP contribution in [0.4, 0.5) is 0 Å². The number of fused-ring (bicyclic) bond motifs is 1. The van der Waals surface area contributed by atoms with E-state index < -0.39 is 6.10 Å². The van der Waals surface area contributed by atoms with Crippen LogP contribution in [-0.2, 0) is 0 Å². The van der Waals surface area contributed by atoms with Gasteiger partial charge < -0.3 is 15.2 Å². The van der Waals surface area contributed by atoms with Gasteiger partial charge in [-0.05, 0) is 35.7 Å². The average molecular weight is 294 g/mol. The molecule has 20 heavy (non-hydrogen) atoms. The Morgan fingerprint density at radius 2 is 1.90 bits per heavy atom. The smallest absolute Gasteiger partial charge is 0.120 e. The number of aliphatic hydroxyl groups excluding tert-OH is 1. The van der Waals surface area contributed by atoms with Gasteiger partial charge >= 0.3 is 0 Å². The molecule has 1 unspecified atom stereocenters. The van der Waals surface area contributed by atoms with Gasteiger partial charge in [-0.15, -0.1) is 12.4 Å². The zero-order valence-electron chi connectivity index (χ0n) is 11.3. The third-order valence-corrected chi connectivity index (χ3v) is 3.38. The molecule has 3 nitrogen and oxygen atoms in total. The zero-order chi connectivity index (χ0) is 13.1. The Morgan fingerprint density at radius 3 is 2.65 bits per heavy atom. The lowest BCUT2D eigenvalue weighted by Crippen LogP contribution is -2.32. The van der Waals surface area contributed by atoms with Crippen LogP contribution in [0.1, 0.15) is 12.8 Å². The maximum absolute atomic E-state index is 9.81. The SMILES string of the molecule is Cl.OC(CNC1CC1)COc1ccc2ccccc2c1. The van der Waals surface area contributed by atoms with Crippen molar-refractivity contribution in [3.63, 3.8) is 0 Å². The van der Waals surface area contributed by atoms with Crippen molar-refractivity contribution in [3.8, 4) is 5.75 Å². The van der Waals surface area contributed by atoms with Crippen molar-refractivity contribution in [2.45, 2.75) is 25.0 Å². The maximum Gasteiger partial charge on any atom is 0.120 e. The van der Waals surface area contributed by atoms with Crippen molar-refractivity contribution in [3.05, 3.63) is 42.5 Å². The lowest BCUT2D eigenvalue weighted by Gasteiger charge is -2.13. The molecule has 2 aromatic carbocycles. The molecule has 2 N–H and O–H groups in total. The molecule has 1 aliphatic rings. The molecule has 3 rings (SSSR count). The summed E-state index contributed by atoms with van der Waals surface area (Å²) in [5.41, 5.74) is 0. The third kappa shape index (κ3) is 4.10. The van der Waals surface area contributed by atoms with Crippen LogP contribution in [0.2, 0.25) is 0 Å². The minimum Gasteiger partial charge on any atom is -0.491 e. The molecule has 1 aliphatic carbocycles. The molecule has 0 heterocycles. The standard InChI is InChI=1S/C16H19NO2.ClH/c18-15(10-17-14-6-7-14)11-19-16-8-5-12-3-1-2-4-13(12)9-16;/h1-5,8-9,14-15,17-18H,6-7,10-11H2;1H. The molecule has 0 saturated heterocycles. The summed E-state index contributed by atoms with van der Waals surface area (Å²) in [5.74, 6) is 0.809. The van der Waals surface area contributed by atoms with Crippen molar-refractivity contribution in [1.29, 1.82) is 0 Å². The number of rotatable bonds is 6. The van der Waals surface area contributed by atoms with E-state index in [9.17, 15) is 5.11 Å². The van der Waals surface area contributed by atoms with Gasteiger partial charge in [-0.1, -0.05) is 30.3 Å². The number of aliphatic hydroxyl groups is 1. The normalized spacial score (nSPS) is 15.7. The predicted molar refractivity (Wildman–Crippen MR) is 83.7 cm³/mol. The van der Waals surface area contributed by atoms with Crippen molar-refractivity contribution >= 4 is 23.2 Å². The Hall–Kier alpha value is -1.29. The molecular formula is C16H20ClNO2. The van der Waals surface area contributed by atoms with Gasteiger partial charge in [-0.3, -0.25) is 0 Å². The highest BCUT2D eigenvalue weighted by Crippen LogP contribution is 2.21. The second-order valence-corrected chi connectivity index (χ2v) is 5.16. The summed E-state index contributed by atoms with van der Waals surface area (Å²) in [7, 11) is 0. The summed E-state index contributed by atoms with van der Waals surface area (Å²) >= 11 is 0. The van der Waals surface area contributed by atoms with Gasteiger partial charge in [-0.2, -0.15) is 0 Å². The highest BCUT2D eigenvalue weighted by molar-refractivity contribution is 5.85. The van der Waals surface area contributed by atoms with Crippen LogP contribution < -0.4 is 10.1 Å². The summed E-state index contributed by atoms with van der Waals surface area (Å²) < 4.78 is 5.64. The molecule has 0 spiro atoms. The number of ether oxygens (including phenoxy) is 1. The monoisotopic (exact) mass is 293 g/mol. The second-order valence-electron chi connectivity index (χ2n) is 5.16. The Balaban J connectivity index is 0.00000147. The van der Waals surface area contributed by atoms with Crippen LogP contribution in [0, 0.1) is 0 Å².